The first kappa shape index (κ1) is 18.9. The second-order valence-corrected chi connectivity index (χ2v) is 6.43. The second-order valence-electron chi connectivity index (χ2n) is 5.65. The molecule has 0 aliphatic heterocycles. The van der Waals surface area contributed by atoms with Crippen LogP contribution < -0.4 is 10.1 Å². The highest BCUT2D eigenvalue weighted by Gasteiger charge is 2.17. The van der Waals surface area contributed by atoms with E-state index in [-0.39, 0.29) is 16.7 Å². The van der Waals surface area contributed by atoms with E-state index in [1.807, 2.05) is 0 Å². The molecule has 0 unspecified atom stereocenters. The molecule has 3 aromatic rings. The van der Waals surface area contributed by atoms with Crippen LogP contribution in [0.3, 0.4) is 0 Å². The van der Waals surface area contributed by atoms with Gasteiger partial charge in [-0.05, 0) is 31.2 Å². The van der Waals surface area contributed by atoms with E-state index in [0.717, 1.165) is 0 Å². The number of ether oxygens (including phenoxy) is 1. The number of phenolic OH excluding ortho intramolecular Hbond substituents is 1. The van der Waals surface area contributed by atoms with Crippen LogP contribution in [-0.2, 0) is 4.79 Å². The zero-order chi connectivity index (χ0) is 19.4. The average molecular weight is 404 g/mol. The fraction of sp³-hybridized carbons (Fsp3) is 0.105. The van der Waals surface area contributed by atoms with Crippen molar-refractivity contribution in [2.75, 3.05) is 5.32 Å². The molecule has 138 valence electrons. The molecule has 8 heteroatoms. The highest BCUT2D eigenvalue weighted by Crippen LogP contribution is 2.32. The maximum atomic E-state index is 12.3. The van der Waals surface area contributed by atoms with Crippen molar-refractivity contribution >= 4 is 34.8 Å². The lowest BCUT2D eigenvalue weighted by Gasteiger charge is -2.16. The van der Waals surface area contributed by atoms with Gasteiger partial charge in [0, 0.05) is 5.56 Å². The number of rotatable bonds is 5. The Morgan fingerprint density at radius 1 is 1.15 bits per heavy atom. The molecule has 1 amide bonds. The largest absolute Gasteiger partial charge is 0.508 e. The molecule has 1 heterocycles. The fourth-order valence-corrected chi connectivity index (χ4v) is 2.59. The molecular formula is C19H15Cl2N3O3. The minimum atomic E-state index is -0.813. The number of anilines is 1. The molecule has 1 aromatic heterocycles. The Balaban J connectivity index is 1.66. The SMILES string of the molecule is C[C@H](Oc1cccc(Cl)c1Cl)C(=O)Nc1cnc(-c2cccc(O)c2)nc1. The number of phenols is 1. The molecule has 0 bridgehead atoms. The Labute approximate surface area is 165 Å². The number of hydrogen-bond acceptors (Lipinski definition) is 5. The normalized spacial score (nSPS) is 11.7. The van der Waals surface area contributed by atoms with Crippen LogP contribution >= 0.6 is 23.2 Å². The van der Waals surface area contributed by atoms with Crippen molar-refractivity contribution in [2.24, 2.45) is 0 Å². The fourth-order valence-electron chi connectivity index (χ4n) is 2.25. The molecule has 0 aliphatic carbocycles. The Kier molecular flexibility index (Phi) is 5.78. The maximum absolute atomic E-state index is 12.3. The summed E-state index contributed by atoms with van der Waals surface area (Å²) in [5, 5.41) is 12.8. The van der Waals surface area contributed by atoms with Crippen LogP contribution in [-0.4, -0.2) is 27.1 Å². The third-order valence-electron chi connectivity index (χ3n) is 3.61. The Bertz CT molecular complexity index is 965. The Hall–Kier alpha value is -2.83. The first-order chi connectivity index (χ1) is 12.9. The predicted molar refractivity (Wildman–Crippen MR) is 104 cm³/mol. The van der Waals surface area contributed by atoms with E-state index in [4.69, 9.17) is 27.9 Å². The quantitative estimate of drug-likeness (QED) is 0.651. The number of nitrogens with one attached hydrogen (secondary N) is 1. The van der Waals surface area contributed by atoms with Crippen LogP contribution in [0.15, 0.2) is 54.9 Å². The number of halogens is 2. The van der Waals surface area contributed by atoms with E-state index in [2.05, 4.69) is 15.3 Å². The molecule has 0 fully saturated rings. The Morgan fingerprint density at radius 3 is 2.56 bits per heavy atom. The summed E-state index contributed by atoms with van der Waals surface area (Å²) in [5.41, 5.74) is 1.08. The number of hydrogen-bond donors (Lipinski definition) is 2. The highest BCUT2D eigenvalue weighted by atomic mass is 35.5. The van der Waals surface area contributed by atoms with Gasteiger partial charge in [-0.15, -0.1) is 0 Å². The van der Waals surface area contributed by atoms with E-state index in [1.165, 1.54) is 12.4 Å². The summed E-state index contributed by atoms with van der Waals surface area (Å²) in [6.45, 7) is 1.59. The number of carbonyl (C=O) groups excluding carboxylic acids is 1. The summed E-state index contributed by atoms with van der Waals surface area (Å²) < 4.78 is 5.57. The van der Waals surface area contributed by atoms with Gasteiger partial charge in [0.05, 0.1) is 23.1 Å². The van der Waals surface area contributed by atoms with Crippen molar-refractivity contribution in [3.8, 4) is 22.9 Å². The molecule has 1 atom stereocenters. The van der Waals surface area contributed by atoms with Crippen molar-refractivity contribution in [2.45, 2.75) is 13.0 Å². The lowest BCUT2D eigenvalue weighted by molar-refractivity contribution is -0.122. The third-order valence-corrected chi connectivity index (χ3v) is 4.41. The molecule has 0 radical (unpaired) electrons. The van der Waals surface area contributed by atoms with Crippen LogP contribution in [0.2, 0.25) is 10.0 Å². The highest BCUT2D eigenvalue weighted by molar-refractivity contribution is 6.42. The van der Waals surface area contributed by atoms with Crippen LogP contribution in [0.4, 0.5) is 5.69 Å². The van der Waals surface area contributed by atoms with Crippen LogP contribution in [0.25, 0.3) is 11.4 Å². The number of carbonyl (C=O) groups is 1. The molecule has 0 saturated carbocycles. The van der Waals surface area contributed by atoms with Gasteiger partial charge in [0.2, 0.25) is 0 Å². The second kappa shape index (κ2) is 8.24. The van der Waals surface area contributed by atoms with Gasteiger partial charge in [-0.1, -0.05) is 41.4 Å². The van der Waals surface area contributed by atoms with Gasteiger partial charge >= 0.3 is 0 Å². The molecule has 0 spiro atoms. The van der Waals surface area contributed by atoms with Crippen LogP contribution in [0.5, 0.6) is 11.5 Å². The van der Waals surface area contributed by atoms with E-state index in [1.54, 1.807) is 49.4 Å². The van der Waals surface area contributed by atoms with Crippen molar-refractivity contribution in [3.05, 3.63) is 64.9 Å². The molecule has 27 heavy (non-hydrogen) atoms. The van der Waals surface area contributed by atoms with Crippen molar-refractivity contribution < 1.29 is 14.6 Å². The molecule has 0 aliphatic rings. The minimum Gasteiger partial charge on any atom is -0.508 e. The molecule has 3 rings (SSSR count). The number of nitrogens with zero attached hydrogens (tertiary/aromatic N) is 2. The van der Waals surface area contributed by atoms with Gasteiger partial charge in [0.25, 0.3) is 5.91 Å². The number of amides is 1. The topological polar surface area (TPSA) is 84.3 Å². The van der Waals surface area contributed by atoms with Gasteiger partial charge in [-0.3, -0.25) is 4.79 Å². The van der Waals surface area contributed by atoms with Gasteiger partial charge < -0.3 is 15.2 Å². The first-order valence-electron chi connectivity index (χ1n) is 7.97. The zero-order valence-electron chi connectivity index (χ0n) is 14.2. The summed E-state index contributed by atoms with van der Waals surface area (Å²) >= 11 is 12.0. The summed E-state index contributed by atoms with van der Waals surface area (Å²) in [6.07, 6.45) is 2.14. The van der Waals surface area contributed by atoms with Gasteiger partial charge in [-0.2, -0.15) is 0 Å². The van der Waals surface area contributed by atoms with E-state index in [9.17, 15) is 9.90 Å². The standard InChI is InChI=1S/C19H15Cl2N3O3/c1-11(27-16-7-3-6-15(20)17(16)21)19(26)24-13-9-22-18(23-10-13)12-4-2-5-14(25)8-12/h2-11,25H,1H3,(H,24,26)/t11-/m0/s1. The number of aromatic hydroxyl groups is 1. The summed E-state index contributed by atoms with van der Waals surface area (Å²) in [6, 6.07) is 11.5. The Morgan fingerprint density at radius 2 is 1.85 bits per heavy atom. The molecular weight excluding hydrogens is 389 g/mol. The number of aromatic nitrogens is 2. The lowest BCUT2D eigenvalue weighted by Crippen LogP contribution is -2.30. The van der Waals surface area contributed by atoms with Crippen LogP contribution in [0.1, 0.15) is 6.92 Å². The monoisotopic (exact) mass is 403 g/mol. The van der Waals surface area contributed by atoms with E-state index >= 15 is 0 Å². The van der Waals surface area contributed by atoms with Crippen molar-refractivity contribution in [1.29, 1.82) is 0 Å². The number of benzene rings is 2. The van der Waals surface area contributed by atoms with Crippen LogP contribution in [0, 0.1) is 0 Å². The zero-order valence-corrected chi connectivity index (χ0v) is 15.7. The summed E-state index contributed by atoms with van der Waals surface area (Å²) in [4.78, 5) is 20.7. The molecule has 2 aromatic carbocycles. The van der Waals surface area contributed by atoms with Crippen molar-refractivity contribution in [1.82, 2.24) is 9.97 Å². The predicted octanol–water partition coefficient (Wildman–Crippen LogP) is 4.56. The smallest absolute Gasteiger partial charge is 0.265 e. The summed E-state index contributed by atoms with van der Waals surface area (Å²) in [5.74, 6) is 0.486. The minimum absolute atomic E-state index is 0.124. The van der Waals surface area contributed by atoms with Crippen molar-refractivity contribution in [3.63, 3.8) is 0 Å². The van der Waals surface area contributed by atoms with Gasteiger partial charge in [0.15, 0.2) is 11.9 Å². The first-order valence-corrected chi connectivity index (χ1v) is 8.72. The summed E-state index contributed by atoms with van der Waals surface area (Å²) in [7, 11) is 0. The maximum Gasteiger partial charge on any atom is 0.265 e. The van der Waals surface area contributed by atoms with E-state index in [0.29, 0.717) is 27.8 Å². The van der Waals surface area contributed by atoms with Gasteiger partial charge in [-0.25, -0.2) is 9.97 Å². The van der Waals surface area contributed by atoms with Gasteiger partial charge in [0.1, 0.15) is 16.5 Å². The molecule has 2 N–H and O–H groups in total. The van der Waals surface area contributed by atoms with E-state index < -0.39 is 6.10 Å². The lowest BCUT2D eigenvalue weighted by atomic mass is 10.2. The molecule has 6 nitrogen and oxygen atoms in total. The molecule has 0 saturated heterocycles. The average Bonchev–Trinajstić information content (AvgIpc) is 2.66. The third kappa shape index (κ3) is 4.67.